The monoisotopic (exact) mass is 258 g/mol. The fraction of sp³-hybridized carbons (Fsp3) is 0.417. The number of nitrogens with one attached hydrogen (secondary N) is 1. The van der Waals surface area contributed by atoms with E-state index in [0.29, 0.717) is 12.1 Å². The quantitative estimate of drug-likeness (QED) is 0.873. The number of carbonyl (C=O) groups excluding carboxylic acids is 1. The molecule has 1 saturated carbocycles. The number of hydrogen-bond donors (Lipinski definition) is 2. The Labute approximate surface area is 102 Å². The van der Waals surface area contributed by atoms with E-state index < -0.39 is 34.6 Å². The average molecular weight is 258 g/mol. The molecule has 0 aliphatic heterocycles. The molecule has 1 amide bonds. The molecule has 1 atom stereocenters. The normalized spacial score (nSPS) is 18.3. The van der Waals surface area contributed by atoms with E-state index in [1.54, 1.807) is 0 Å². The summed E-state index contributed by atoms with van der Waals surface area (Å²) in [5.41, 5.74) is 3.97. The molecule has 0 radical (unpaired) electrons. The van der Waals surface area contributed by atoms with Crippen molar-refractivity contribution in [1.29, 1.82) is 0 Å². The van der Waals surface area contributed by atoms with E-state index in [0.717, 1.165) is 12.8 Å². The second kappa shape index (κ2) is 4.28. The van der Waals surface area contributed by atoms with Gasteiger partial charge in [-0.15, -0.1) is 0 Å². The van der Waals surface area contributed by atoms with Crippen LogP contribution < -0.4 is 11.1 Å². The van der Waals surface area contributed by atoms with E-state index in [-0.39, 0.29) is 5.92 Å². The molecular formula is C12H13F3N2O. The van der Waals surface area contributed by atoms with Gasteiger partial charge in [-0.2, -0.15) is 0 Å². The molecule has 0 saturated heterocycles. The summed E-state index contributed by atoms with van der Waals surface area (Å²) in [5, 5.41) is 2.09. The largest absolute Gasteiger partial charge is 0.320 e. The highest BCUT2D eigenvalue weighted by Gasteiger charge is 2.44. The van der Waals surface area contributed by atoms with Crippen LogP contribution in [0.25, 0.3) is 0 Å². The average Bonchev–Trinajstić information content (AvgIpc) is 3.06. The minimum atomic E-state index is -1.17. The number of amides is 1. The number of carbonyl (C=O) groups is 1. The molecule has 0 aromatic heterocycles. The van der Waals surface area contributed by atoms with Crippen LogP contribution in [0.1, 0.15) is 19.8 Å². The van der Waals surface area contributed by atoms with E-state index in [4.69, 9.17) is 5.73 Å². The van der Waals surface area contributed by atoms with E-state index in [1.807, 2.05) is 0 Å². The molecule has 0 heterocycles. The molecule has 1 aliphatic carbocycles. The fourth-order valence-corrected chi connectivity index (χ4v) is 1.78. The van der Waals surface area contributed by atoms with Crippen LogP contribution in [0, 0.1) is 23.4 Å². The maximum Gasteiger partial charge on any atom is 0.244 e. The molecule has 0 bridgehead atoms. The Balaban J connectivity index is 2.21. The van der Waals surface area contributed by atoms with Crippen LogP contribution in [0.15, 0.2) is 12.1 Å². The Hall–Kier alpha value is -1.56. The van der Waals surface area contributed by atoms with Crippen LogP contribution in [-0.2, 0) is 4.79 Å². The topological polar surface area (TPSA) is 55.1 Å². The first-order chi connectivity index (χ1) is 8.32. The first kappa shape index (κ1) is 12.9. The summed E-state index contributed by atoms with van der Waals surface area (Å²) in [7, 11) is 0. The summed E-state index contributed by atoms with van der Waals surface area (Å²) in [6.07, 6.45) is 1.63. The molecule has 1 aromatic rings. The molecule has 1 aliphatic rings. The lowest BCUT2D eigenvalue weighted by molar-refractivity contribution is -0.121. The third-order valence-electron chi connectivity index (χ3n) is 3.16. The number of halogens is 3. The standard InChI is InChI=1S/C12H13F3N2O/c1-12(16,6-2-3-6)11(18)17-10-8(14)4-7(13)5-9(10)15/h4-6H,2-3,16H2,1H3,(H,17,18). The van der Waals surface area contributed by atoms with E-state index >= 15 is 0 Å². The molecule has 2 rings (SSSR count). The Morgan fingerprint density at radius 1 is 1.33 bits per heavy atom. The Morgan fingerprint density at radius 2 is 1.83 bits per heavy atom. The van der Waals surface area contributed by atoms with Crippen LogP contribution in [0.4, 0.5) is 18.9 Å². The van der Waals surface area contributed by atoms with Gasteiger partial charge < -0.3 is 11.1 Å². The summed E-state index contributed by atoms with van der Waals surface area (Å²) in [6, 6.07) is 1.01. The van der Waals surface area contributed by atoms with Gasteiger partial charge in [-0.25, -0.2) is 13.2 Å². The van der Waals surface area contributed by atoms with Crippen LogP contribution in [0.2, 0.25) is 0 Å². The maximum absolute atomic E-state index is 13.3. The van der Waals surface area contributed by atoms with Crippen LogP contribution in [0.3, 0.4) is 0 Å². The zero-order valence-corrected chi connectivity index (χ0v) is 9.77. The van der Waals surface area contributed by atoms with Gasteiger partial charge in [0.15, 0.2) is 11.6 Å². The zero-order valence-electron chi connectivity index (χ0n) is 9.77. The highest BCUT2D eigenvalue weighted by atomic mass is 19.1. The Morgan fingerprint density at radius 3 is 2.28 bits per heavy atom. The van der Waals surface area contributed by atoms with Gasteiger partial charge in [0.2, 0.25) is 5.91 Å². The highest BCUT2D eigenvalue weighted by Crippen LogP contribution is 2.38. The number of hydrogen-bond acceptors (Lipinski definition) is 2. The van der Waals surface area contributed by atoms with Crippen LogP contribution in [0.5, 0.6) is 0 Å². The first-order valence-corrected chi connectivity index (χ1v) is 5.57. The van der Waals surface area contributed by atoms with E-state index in [9.17, 15) is 18.0 Å². The molecule has 0 spiro atoms. The highest BCUT2D eigenvalue weighted by molar-refractivity contribution is 5.98. The molecule has 18 heavy (non-hydrogen) atoms. The second-order valence-corrected chi connectivity index (χ2v) is 4.76. The predicted molar refractivity (Wildman–Crippen MR) is 60.3 cm³/mol. The molecule has 3 nitrogen and oxygen atoms in total. The van der Waals surface area contributed by atoms with Gasteiger partial charge in [0.25, 0.3) is 0 Å². The van der Waals surface area contributed by atoms with Crippen molar-refractivity contribution in [3.05, 3.63) is 29.6 Å². The minimum Gasteiger partial charge on any atom is -0.320 e. The SMILES string of the molecule is CC(N)(C(=O)Nc1c(F)cc(F)cc1F)C1CC1. The number of rotatable bonds is 3. The van der Waals surface area contributed by atoms with E-state index in [1.165, 1.54) is 6.92 Å². The summed E-state index contributed by atoms with van der Waals surface area (Å²) in [5.74, 6) is -4.01. The number of nitrogens with two attached hydrogens (primary N) is 1. The molecule has 6 heteroatoms. The smallest absolute Gasteiger partial charge is 0.244 e. The molecule has 98 valence electrons. The molecule has 1 aromatic carbocycles. The van der Waals surface area contributed by atoms with Crippen LogP contribution in [-0.4, -0.2) is 11.4 Å². The van der Waals surface area contributed by atoms with Gasteiger partial charge in [-0.1, -0.05) is 0 Å². The lowest BCUT2D eigenvalue weighted by Gasteiger charge is -2.23. The fourth-order valence-electron chi connectivity index (χ4n) is 1.78. The van der Waals surface area contributed by atoms with Gasteiger partial charge in [0.05, 0.1) is 5.54 Å². The number of benzene rings is 1. The van der Waals surface area contributed by atoms with E-state index in [2.05, 4.69) is 5.32 Å². The van der Waals surface area contributed by atoms with Gasteiger partial charge >= 0.3 is 0 Å². The minimum absolute atomic E-state index is 0.0177. The van der Waals surface area contributed by atoms with Crippen molar-refractivity contribution in [2.45, 2.75) is 25.3 Å². The van der Waals surface area contributed by atoms with Crippen molar-refractivity contribution < 1.29 is 18.0 Å². The lowest BCUT2D eigenvalue weighted by atomic mass is 9.96. The third kappa shape index (κ3) is 2.33. The molecular weight excluding hydrogens is 245 g/mol. The summed E-state index contributed by atoms with van der Waals surface area (Å²) < 4.78 is 39.4. The number of anilines is 1. The van der Waals surface area contributed by atoms with Gasteiger partial charge in [0.1, 0.15) is 11.5 Å². The van der Waals surface area contributed by atoms with Crippen molar-refractivity contribution in [3.8, 4) is 0 Å². The third-order valence-corrected chi connectivity index (χ3v) is 3.16. The lowest BCUT2D eigenvalue weighted by Crippen LogP contribution is -2.50. The maximum atomic E-state index is 13.3. The van der Waals surface area contributed by atoms with Crippen molar-refractivity contribution >= 4 is 11.6 Å². The first-order valence-electron chi connectivity index (χ1n) is 5.57. The van der Waals surface area contributed by atoms with Gasteiger partial charge in [-0.05, 0) is 25.7 Å². The molecule has 3 N–H and O–H groups in total. The second-order valence-electron chi connectivity index (χ2n) is 4.76. The zero-order chi connectivity index (χ0) is 13.5. The summed E-state index contributed by atoms with van der Waals surface area (Å²) in [6.45, 7) is 1.51. The van der Waals surface area contributed by atoms with Gasteiger partial charge in [-0.3, -0.25) is 4.79 Å². The van der Waals surface area contributed by atoms with Crippen molar-refractivity contribution in [2.75, 3.05) is 5.32 Å². The summed E-state index contributed by atoms with van der Waals surface area (Å²) in [4.78, 5) is 11.8. The Kier molecular flexibility index (Phi) is 3.06. The predicted octanol–water partition coefficient (Wildman–Crippen LogP) is 2.17. The van der Waals surface area contributed by atoms with Crippen molar-refractivity contribution in [3.63, 3.8) is 0 Å². The Bertz CT molecular complexity index is 475. The van der Waals surface area contributed by atoms with Gasteiger partial charge in [0, 0.05) is 12.1 Å². The molecule has 1 unspecified atom stereocenters. The summed E-state index contributed by atoms with van der Waals surface area (Å²) >= 11 is 0. The van der Waals surface area contributed by atoms with Crippen LogP contribution >= 0.6 is 0 Å². The molecule has 1 fully saturated rings. The van der Waals surface area contributed by atoms with Crippen molar-refractivity contribution in [1.82, 2.24) is 0 Å². The van der Waals surface area contributed by atoms with Crippen molar-refractivity contribution in [2.24, 2.45) is 11.7 Å².